The van der Waals surface area contributed by atoms with Gasteiger partial charge >= 0.3 is 6.03 Å². The van der Waals surface area contributed by atoms with Crippen molar-refractivity contribution < 1.29 is 18.3 Å². The van der Waals surface area contributed by atoms with Crippen LogP contribution in [-0.2, 0) is 4.74 Å². The summed E-state index contributed by atoms with van der Waals surface area (Å²) < 4.78 is 34.8. The third-order valence-electron chi connectivity index (χ3n) is 6.82. The van der Waals surface area contributed by atoms with Crippen LogP contribution in [0.3, 0.4) is 0 Å². The predicted molar refractivity (Wildman–Crippen MR) is 140 cm³/mol. The number of pyridine rings is 2. The fourth-order valence-electron chi connectivity index (χ4n) is 4.88. The standard InChI is InChI=1S/C26H31F2N7O2/c1-17-24(30-19-14-20(16-29-15-19)33-8-10-37-11-9-33)23-21(28)12-18(27)13-22(23)31-25(17)34-4-6-35(7-5-34)26(36)32(2)3/h12-16H,4-11H2,1-3H3,(H,30,31). The first-order valence-electron chi connectivity index (χ1n) is 12.4. The van der Waals surface area contributed by atoms with Crippen LogP contribution in [0, 0.1) is 18.6 Å². The van der Waals surface area contributed by atoms with Crippen LogP contribution in [0.1, 0.15) is 5.56 Å². The van der Waals surface area contributed by atoms with Crippen molar-refractivity contribution >= 4 is 39.8 Å². The molecule has 2 aromatic heterocycles. The number of aromatic nitrogens is 2. The molecule has 1 aromatic carbocycles. The molecule has 0 aliphatic carbocycles. The number of ether oxygens (including phenoxy) is 1. The molecule has 4 heterocycles. The average Bonchev–Trinajstić information content (AvgIpc) is 2.90. The fraction of sp³-hybridized carbons (Fsp3) is 0.423. The number of hydrogen-bond donors (Lipinski definition) is 1. The van der Waals surface area contributed by atoms with E-state index in [-0.39, 0.29) is 16.9 Å². The summed E-state index contributed by atoms with van der Waals surface area (Å²) in [6, 6.07) is 4.06. The van der Waals surface area contributed by atoms with Crippen molar-refractivity contribution in [2.75, 3.05) is 81.7 Å². The summed E-state index contributed by atoms with van der Waals surface area (Å²) in [7, 11) is 3.46. The van der Waals surface area contributed by atoms with Crippen LogP contribution in [0.2, 0.25) is 0 Å². The average molecular weight is 512 g/mol. The van der Waals surface area contributed by atoms with Gasteiger partial charge in [0.2, 0.25) is 0 Å². The monoisotopic (exact) mass is 511 g/mol. The molecule has 5 rings (SSSR count). The highest BCUT2D eigenvalue weighted by atomic mass is 19.1. The van der Waals surface area contributed by atoms with Gasteiger partial charge in [0.25, 0.3) is 0 Å². The maximum atomic E-state index is 15.1. The van der Waals surface area contributed by atoms with Gasteiger partial charge in [-0.25, -0.2) is 18.6 Å². The summed E-state index contributed by atoms with van der Waals surface area (Å²) in [6.45, 7) is 6.89. The second-order valence-corrected chi connectivity index (χ2v) is 9.52. The van der Waals surface area contributed by atoms with Gasteiger partial charge in [0.05, 0.1) is 53.6 Å². The van der Waals surface area contributed by atoms with Crippen molar-refractivity contribution in [3.8, 4) is 0 Å². The number of hydrogen-bond acceptors (Lipinski definition) is 7. The van der Waals surface area contributed by atoms with Gasteiger partial charge in [-0.15, -0.1) is 0 Å². The number of anilines is 4. The molecular formula is C26H31F2N7O2. The molecule has 2 saturated heterocycles. The second kappa shape index (κ2) is 10.3. The van der Waals surface area contributed by atoms with Crippen LogP contribution in [0.15, 0.2) is 30.6 Å². The molecule has 11 heteroatoms. The number of nitrogens with one attached hydrogen (secondary N) is 1. The third kappa shape index (κ3) is 5.08. The van der Waals surface area contributed by atoms with Gasteiger partial charge in [-0.2, -0.15) is 0 Å². The van der Waals surface area contributed by atoms with E-state index in [0.29, 0.717) is 56.6 Å². The smallest absolute Gasteiger partial charge is 0.319 e. The number of carbonyl (C=O) groups excluding carboxylic acids is 1. The number of nitrogens with zero attached hydrogens (tertiary/aromatic N) is 6. The van der Waals surface area contributed by atoms with Crippen molar-refractivity contribution in [1.82, 2.24) is 19.8 Å². The molecule has 0 atom stereocenters. The normalized spacial score (nSPS) is 16.3. The Kier molecular flexibility index (Phi) is 6.96. The van der Waals surface area contributed by atoms with Crippen molar-refractivity contribution in [3.05, 3.63) is 47.8 Å². The zero-order valence-corrected chi connectivity index (χ0v) is 21.3. The molecule has 3 aromatic rings. The predicted octanol–water partition coefficient (Wildman–Crippen LogP) is 3.60. The van der Waals surface area contributed by atoms with E-state index in [2.05, 4.69) is 25.1 Å². The van der Waals surface area contributed by atoms with Crippen LogP contribution in [-0.4, -0.2) is 92.4 Å². The van der Waals surface area contributed by atoms with Gasteiger partial charge in [0.1, 0.15) is 17.5 Å². The highest BCUT2D eigenvalue weighted by Crippen LogP contribution is 2.37. The minimum absolute atomic E-state index is 0.0398. The van der Waals surface area contributed by atoms with E-state index in [4.69, 9.17) is 4.74 Å². The minimum Gasteiger partial charge on any atom is -0.378 e. The van der Waals surface area contributed by atoms with E-state index in [1.54, 1.807) is 36.3 Å². The lowest BCUT2D eigenvalue weighted by Gasteiger charge is -2.37. The second-order valence-electron chi connectivity index (χ2n) is 9.52. The van der Waals surface area contributed by atoms with E-state index in [9.17, 15) is 9.18 Å². The van der Waals surface area contributed by atoms with Gasteiger partial charge in [-0.3, -0.25) is 4.98 Å². The molecule has 2 aliphatic rings. The van der Waals surface area contributed by atoms with Gasteiger partial charge < -0.3 is 29.7 Å². The summed E-state index contributed by atoms with van der Waals surface area (Å²) >= 11 is 0. The van der Waals surface area contributed by atoms with Crippen molar-refractivity contribution in [3.63, 3.8) is 0 Å². The molecule has 2 amide bonds. The molecular weight excluding hydrogens is 480 g/mol. The third-order valence-corrected chi connectivity index (χ3v) is 6.82. The summed E-state index contributed by atoms with van der Waals surface area (Å²) in [5, 5.41) is 3.58. The van der Waals surface area contributed by atoms with E-state index < -0.39 is 11.6 Å². The highest BCUT2D eigenvalue weighted by molar-refractivity contribution is 5.97. The van der Waals surface area contributed by atoms with Gasteiger partial charge in [-0.1, -0.05) is 0 Å². The van der Waals surface area contributed by atoms with Gasteiger partial charge in [0, 0.05) is 71.1 Å². The molecule has 0 spiro atoms. The summed E-state index contributed by atoms with van der Waals surface area (Å²) in [4.78, 5) is 29.0. The van der Waals surface area contributed by atoms with Crippen LogP contribution in [0.4, 0.5) is 36.5 Å². The quantitative estimate of drug-likeness (QED) is 0.574. The molecule has 37 heavy (non-hydrogen) atoms. The molecule has 2 fully saturated rings. The van der Waals surface area contributed by atoms with Crippen LogP contribution < -0.4 is 15.1 Å². The van der Waals surface area contributed by atoms with E-state index in [0.717, 1.165) is 30.4 Å². The number of benzene rings is 1. The van der Waals surface area contributed by atoms with Crippen molar-refractivity contribution in [2.45, 2.75) is 6.92 Å². The molecule has 0 radical (unpaired) electrons. The molecule has 196 valence electrons. The molecule has 0 saturated carbocycles. The largest absolute Gasteiger partial charge is 0.378 e. The first-order chi connectivity index (χ1) is 17.8. The number of piperazine rings is 1. The number of morpholine rings is 1. The van der Waals surface area contributed by atoms with E-state index in [1.165, 1.54) is 6.07 Å². The first kappa shape index (κ1) is 24.9. The number of fused-ring (bicyclic) bond motifs is 1. The Balaban J connectivity index is 1.50. The molecule has 0 unspecified atom stereocenters. The molecule has 2 aliphatic heterocycles. The van der Waals surface area contributed by atoms with Gasteiger partial charge in [-0.05, 0) is 13.0 Å². The Morgan fingerprint density at radius 3 is 2.43 bits per heavy atom. The number of halogens is 2. The lowest BCUT2D eigenvalue weighted by molar-refractivity contribution is 0.122. The number of amides is 2. The molecule has 0 bridgehead atoms. The summed E-state index contributed by atoms with van der Waals surface area (Å²) in [5.74, 6) is -0.733. The van der Waals surface area contributed by atoms with Crippen LogP contribution in [0.5, 0.6) is 0 Å². The summed E-state index contributed by atoms with van der Waals surface area (Å²) in [6.07, 6.45) is 3.48. The SMILES string of the molecule is Cc1c(N2CCN(C(=O)N(C)C)CC2)nc2cc(F)cc(F)c2c1Nc1cncc(N2CCOCC2)c1. The van der Waals surface area contributed by atoms with Crippen LogP contribution >= 0.6 is 0 Å². The Labute approximate surface area is 214 Å². The lowest BCUT2D eigenvalue weighted by atomic mass is 10.1. The van der Waals surface area contributed by atoms with Gasteiger partial charge in [0.15, 0.2) is 0 Å². The Morgan fingerprint density at radius 2 is 1.73 bits per heavy atom. The Hall–Kier alpha value is -3.73. The first-order valence-corrected chi connectivity index (χ1v) is 12.4. The maximum absolute atomic E-state index is 15.1. The van der Waals surface area contributed by atoms with Crippen molar-refractivity contribution in [1.29, 1.82) is 0 Å². The zero-order chi connectivity index (χ0) is 26.1. The van der Waals surface area contributed by atoms with E-state index >= 15 is 4.39 Å². The zero-order valence-electron chi connectivity index (χ0n) is 21.3. The molecule has 1 N–H and O–H groups in total. The van der Waals surface area contributed by atoms with Crippen LogP contribution in [0.25, 0.3) is 10.9 Å². The lowest BCUT2D eigenvalue weighted by Crippen LogP contribution is -2.51. The number of rotatable bonds is 4. The maximum Gasteiger partial charge on any atom is 0.319 e. The van der Waals surface area contributed by atoms with E-state index in [1.807, 2.05) is 13.0 Å². The fourth-order valence-corrected chi connectivity index (χ4v) is 4.88. The summed E-state index contributed by atoms with van der Waals surface area (Å²) in [5.41, 5.74) is 3.12. The number of urea groups is 1. The van der Waals surface area contributed by atoms with Crippen molar-refractivity contribution in [2.24, 2.45) is 0 Å². The minimum atomic E-state index is -0.685. The highest BCUT2D eigenvalue weighted by Gasteiger charge is 2.26. The number of carbonyl (C=O) groups is 1. The Morgan fingerprint density at radius 1 is 1.00 bits per heavy atom. The molecule has 9 nitrogen and oxygen atoms in total. The Bertz CT molecular complexity index is 1310. The topological polar surface area (TPSA) is 77.1 Å².